The highest BCUT2D eigenvalue weighted by atomic mass is 16.5. The van der Waals surface area contributed by atoms with Gasteiger partial charge in [-0.1, -0.05) is 116 Å². The van der Waals surface area contributed by atoms with Crippen molar-refractivity contribution in [3.8, 4) is 11.1 Å². The lowest BCUT2D eigenvalue weighted by Gasteiger charge is -2.12. The van der Waals surface area contributed by atoms with Crippen molar-refractivity contribution in [3.63, 3.8) is 0 Å². The molecule has 0 aromatic heterocycles. The summed E-state index contributed by atoms with van der Waals surface area (Å²) in [4.78, 5) is 23.1. The minimum absolute atomic E-state index is 0.000129. The molecule has 204 valence electrons. The van der Waals surface area contributed by atoms with E-state index in [4.69, 9.17) is 4.74 Å². The van der Waals surface area contributed by atoms with Crippen LogP contribution in [-0.4, -0.2) is 23.5 Å². The summed E-state index contributed by atoms with van der Waals surface area (Å²) in [6, 6.07) is 34.2. The summed E-state index contributed by atoms with van der Waals surface area (Å²) in [5.41, 5.74) is 7.30. The molecule has 0 radical (unpaired) electrons. The largest absolute Gasteiger partial charge is 0.466 e. The van der Waals surface area contributed by atoms with Gasteiger partial charge in [0.05, 0.1) is 12.7 Å². The van der Waals surface area contributed by atoms with Crippen LogP contribution in [0.1, 0.15) is 71.3 Å². The van der Waals surface area contributed by atoms with Crippen LogP contribution in [0.15, 0.2) is 109 Å². The summed E-state index contributed by atoms with van der Waals surface area (Å²) in [7, 11) is 0. The summed E-state index contributed by atoms with van der Waals surface area (Å²) in [5.74, 6) is -0.247. The normalized spacial score (nSPS) is 11.8. The number of benzene rings is 4. The summed E-state index contributed by atoms with van der Waals surface area (Å²) >= 11 is 0. The fourth-order valence-electron chi connectivity index (χ4n) is 4.56. The van der Waals surface area contributed by atoms with Gasteiger partial charge in [0.2, 0.25) is 0 Å². The third-order valence-electron chi connectivity index (χ3n) is 6.88. The first kappa shape index (κ1) is 28.7. The van der Waals surface area contributed by atoms with Gasteiger partial charge in [0.1, 0.15) is 0 Å². The van der Waals surface area contributed by atoms with Crippen LogP contribution in [0.5, 0.6) is 0 Å². The number of hydrogen-bond donors (Lipinski definition) is 1. The summed E-state index contributed by atoms with van der Waals surface area (Å²) < 4.78 is 4.94. The lowest BCUT2D eigenvalue weighted by Crippen LogP contribution is -2.01. The highest BCUT2D eigenvalue weighted by Crippen LogP contribution is 2.25. The van der Waals surface area contributed by atoms with Crippen molar-refractivity contribution in [1.82, 2.24) is 0 Å². The number of rotatable bonds is 13. The Morgan fingerprint density at radius 2 is 1.35 bits per heavy atom. The van der Waals surface area contributed by atoms with Gasteiger partial charge in [0.15, 0.2) is 5.78 Å². The maximum Gasteiger partial charge on any atom is 0.302 e. The first-order valence-corrected chi connectivity index (χ1v) is 13.8. The Morgan fingerprint density at radius 1 is 0.750 bits per heavy atom. The van der Waals surface area contributed by atoms with E-state index >= 15 is 0 Å². The summed E-state index contributed by atoms with van der Waals surface area (Å²) in [6.45, 7) is 1.86. The third-order valence-corrected chi connectivity index (χ3v) is 6.88. The van der Waals surface area contributed by atoms with Crippen molar-refractivity contribution >= 4 is 17.8 Å². The van der Waals surface area contributed by atoms with E-state index in [0.717, 1.165) is 47.9 Å². The molecule has 0 aliphatic carbocycles. The molecule has 0 aliphatic rings. The van der Waals surface area contributed by atoms with E-state index in [1.165, 1.54) is 18.1 Å². The molecule has 0 saturated carbocycles. The van der Waals surface area contributed by atoms with Gasteiger partial charge >= 0.3 is 5.97 Å². The molecule has 0 fully saturated rings. The van der Waals surface area contributed by atoms with Crippen LogP contribution < -0.4 is 0 Å². The Labute approximate surface area is 237 Å². The number of unbranched alkanes of at least 4 members (excludes halogenated alkanes) is 2. The van der Waals surface area contributed by atoms with Crippen LogP contribution in [0.4, 0.5) is 0 Å². The SMILES string of the molecule is CC(=O)OCCCCCC(O)c1ccc(-c2ccc(Cc3ccc(/C=C/C(=O)c4ccccc4)cc3)cc2)cc1. The second kappa shape index (κ2) is 14.8. The van der Waals surface area contributed by atoms with Gasteiger partial charge in [-0.05, 0) is 65.1 Å². The number of allylic oxidation sites excluding steroid dienone is 1. The number of hydrogen-bond acceptors (Lipinski definition) is 4. The Morgan fingerprint density at radius 3 is 1.98 bits per heavy atom. The molecule has 1 unspecified atom stereocenters. The summed E-state index contributed by atoms with van der Waals surface area (Å²) in [6.07, 6.45) is 7.14. The molecule has 0 amide bonds. The number of carbonyl (C=O) groups excluding carboxylic acids is 2. The fourth-order valence-corrected chi connectivity index (χ4v) is 4.56. The first-order chi connectivity index (χ1) is 19.5. The molecule has 1 atom stereocenters. The zero-order chi connectivity index (χ0) is 28.2. The lowest BCUT2D eigenvalue weighted by atomic mass is 9.97. The van der Waals surface area contributed by atoms with E-state index in [0.29, 0.717) is 18.6 Å². The van der Waals surface area contributed by atoms with Gasteiger partial charge < -0.3 is 9.84 Å². The molecule has 1 N–H and O–H groups in total. The van der Waals surface area contributed by atoms with E-state index in [9.17, 15) is 14.7 Å². The molecule has 0 saturated heterocycles. The van der Waals surface area contributed by atoms with Crippen LogP contribution in [-0.2, 0) is 16.0 Å². The van der Waals surface area contributed by atoms with E-state index in [1.54, 1.807) is 6.08 Å². The smallest absolute Gasteiger partial charge is 0.302 e. The van der Waals surface area contributed by atoms with E-state index in [-0.39, 0.29) is 11.8 Å². The first-order valence-electron chi connectivity index (χ1n) is 13.8. The maximum absolute atomic E-state index is 12.3. The zero-order valence-electron chi connectivity index (χ0n) is 23.0. The monoisotopic (exact) mass is 532 g/mol. The van der Waals surface area contributed by atoms with Gasteiger partial charge in [0.25, 0.3) is 0 Å². The predicted molar refractivity (Wildman–Crippen MR) is 161 cm³/mol. The lowest BCUT2D eigenvalue weighted by molar-refractivity contribution is -0.141. The zero-order valence-corrected chi connectivity index (χ0v) is 23.0. The average molecular weight is 533 g/mol. The van der Waals surface area contributed by atoms with Crippen LogP contribution >= 0.6 is 0 Å². The van der Waals surface area contributed by atoms with Crippen molar-refractivity contribution in [2.24, 2.45) is 0 Å². The Balaban J connectivity index is 1.26. The molecule has 4 rings (SSSR count). The number of carbonyl (C=O) groups is 2. The highest BCUT2D eigenvalue weighted by molar-refractivity contribution is 6.06. The quantitative estimate of drug-likeness (QED) is 0.0820. The van der Waals surface area contributed by atoms with Gasteiger partial charge in [-0.25, -0.2) is 0 Å². The van der Waals surface area contributed by atoms with Crippen molar-refractivity contribution in [2.75, 3.05) is 6.61 Å². The van der Waals surface area contributed by atoms with Crippen LogP contribution in [0.25, 0.3) is 17.2 Å². The predicted octanol–water partition coefficient (Wildman–Crippen LogP) is 8.00. The topological polar surface area (TPSA) is 63.6 Å². The molecule has 0 heterocycles. The third kappa shape index (κ3) is 8.89. The number of aliphatic hydroxyl groups excluding tert-OH is 1. The molecule has 40 heavy (non-hydrogen) atoms. The van der Waals surface area contributed by atoms with E-state index in [1.807, 2.05) is 60.7 Å². The van der Waals surface area contributed by atoms with Gasteiger partial charge in [-0.3, -0.25) is 9.59 Å². The van der Waals surface area contributed by atoms with Gasteiger partial charge in [0, 0.05) is 12.5 Å². The highest BCUT2D eigenvalue weighted by Gasteiger charge is 2.08. The van der Waals surface area contributed by atoms with Crippen LogP contribution in [0.3, 0.4) is 0 Å². The fraction of sp³-hybridized carbons (Fsp3) is 0.222. The molecule has 4 heteroatoms. The van der Waals surface area contributed by atoms with Gasteiger partial charge in [-0.2, -0.15) is 0 Å². The van der Waals surface area contributed by atoms with Crippen LogP contribution in [0.2, 0.25) is 0 Å². The summed E-state index contributed by atoms with van der Waals surface area (Å²) in [5, 5.41) is 10.5. The number of aliphatic hydroxyl groups is 1. The van der Waals surface area contributed by atoms with E-state index in [2.05, 4.69) is 48.5 Å². The Kier molecular flexibility index (Phi) is 10.6. The van der Waals surface area contributed by atoms with Crippen molar-refractivity contribution in [2.45, 2.75) is 45.1 Å². The second-order valence-corrected chi connectivity index (χ2v) is 10.0. The standard InChI is InChI=1S/C36H36O4/c1-27(37)40-25-7-3-6-10-35(38)34-22-20-32(21-23-34)31-18-15-30(16-19-31)26-29-13-11-28(12-14-29)17-24-36(39)33-8-4-2-5-9-33/h2,4-5,8-9,11-24,35,38H,3,6-7,10,25-26H2,1H3/b24-17+. The molecule has 0 aliphatic heterocycles. The number of ether oxygens (including phenoxy) is 1. The van der Waals surface area contributed by atoms with E-state index < -0.39 is 6.10 Å². The van der Waals surface area contributed by atoms with Crippen molar-refractivity contribution < 1.29 is 19.4 Å². The number of ketones is 1. The number of esters is 1. The van der Waals surface area contributed by atoms with Gasteiger partial charge in [-0.15, -0.1) is 0 Å². The average Bonchev–Trinajstić information content (AvgIpc) is 2.99. The second-order valence-electron chi connectivity index (χ2n) is 10.0. The Hall–Kier alpha value is -4.28. The molecular formula is C36H36O4. The molecular weight excluding hydrogens is 496 g/mol. The Bertz CT molecular complexity index is 1390. The van der Waals surface area contributed by atoms with Crippen LogP contribution in [0, 0.1) is 0 Å². The van der Waals surface area contributed by atoms with Crippen molar-refractivity contribution in [3.05, 3.63) is 137 Å². The van der Waals surface area contributed by atoms with Crippen molar-refractivity contribution in [1.29, 1.82) is 0 Å². The maximum atomic E-state index is 12.3. The molecule has 4 aromatic rings. The molecule has 0 bridgehead atoms. The minimum Gasteiger partial charge on any atom is -0.466 e. The molecule has 4 aromatic carbocycles. The minimum atomic E-state index is -0.489. The molecule has 4 nitrogen and oxygen atoms in total. The molecule has 0 spiro atoms.